The number of anilines is 1. The Morgan fingerprint density at radius 3 is 2.52 bits per heavy atom. The number of para-hydroxylation sites is 1. The topological polar surface area (TPSA) is 82.6 Å². The summed E-state index contributed by atoms with van der Waals surface area (Å²) >= 11 is 1.33. The Morgan fingerprint density at radius 2 is 1.76 bits per heavy atom. The van der Waals surface area contributed by atoms with E-state index in [1.165, 1.54) is 17.4 Å². The van der Waals surface area contributed by atoms with Gasteiger partial charge in [0, 0.05) is 18.1 Å². The number of benzene rings is 2. The van der Waals surface area contributed by atoms with E-state index in [0.29, 0.717) is 23.1 Å². The number of amides is 1. The molecular formula is C21H21N3O4S. The third kappa shape index (κ3) is 5.32. The first kappa shape index (κ1) is 20.3. The number of aromatic nitrogens is 2. The smallest absolute Gasteiger partial charge is 0.250 e. The zero-order chi connectivity index (χ0) is 20.6. The molecule has 3 aromatic rings. The molecule has 0 unspecified atom stereocenters. The Hall–Kier alpha value is -3.39. The maximum atomic E-state index is 12.2. The molecular weight excluding hydrogens is 390 g/mol. The van der Waals surface area contributed by atoms with Crippen LogP contribution in [0, 0.1) is 0 Å². The van der Waals surface area contributed by atoms with Gasteiger partial charge in [-0.1, -0.05) is 35.6 Å². The zero-order valence-corrected chi connectivity index (χ0v) is 17.2. The Morgan fingerprint density at radius 1 is 1.00 bits per heavy atom. The van der Waals surface area contributed by atoms with Crippen LogP contribution in [-0.4, -0.2) is 37.4 Å². The van der Waals surface area contributed by atoms with E-state index in [-0.39, 0.29) is 5.91 Å². The summed E-state index contributed by atoms with van der Waals surface area (Å²) in [6.45, 7) is 0. The average Bonchev–Trinajstić information content (AvgIpc) is 3.19. The third-order valence-corrected chi connectivity index (χ3v) is 4.90. The van der Waals surface area contributed by atoms with Crippen molar-refractivity contribution in [3.05, 3.63) is 64.7 Å². The minimum atomic E-state index is -0.292. The average molecular weight is 411 g/mol. The Kier molecular flexibility index (Phi) is 6.80. The molecule has 0 aliphatic heterocycles. The second kappa shape index (κ2) is 9.70. The van der Waals surface area contributed by atoms with Crippen molar-refractivity contribution in [1.82, 2.24) is 10.2 Å². The molecule has 0 spiro atoms. The number of ether oxygens (including phenoxy) is 3. The van der Waals surface area contributed by atoms with Crippen molar-refractivity contribution in [3.63, 3.8) is 0 Å². The molecule has 0 saturated heterocycles. The van der Waals surface area contributed by atoms with Crippen molar-refractivity contribution < 1.29 is 19.0 Å². The molecule has 0 aliphatic rings. The number of hydrogen-bond acceptors (Lipinski definition) is 7. The third-order valence-electron chi connectivity index (χ3n) is 4.07. The highest BCUT2D eigenvalue weighted by molar-refractivity contribution is 7.15. The summed E-state index contributed by atoms with van der Waals surface area (Å²) in [5, 5.41) is 12.1. The van der Waals surface area contributed by atoms with Gasteiger partial charge in [-0.2, -0.15) is 0 Å². The SMILES string of the molecule is COc1ccccc1Cc1nnc(NC(=O)/C=C/c2ccc(OC)c(OC)c2)s1. The molecule has 0 aliphatic carbocycles. The highest BCUT2D eigenvalue weighted by atomic mass is 32.1. The van der Waals surface area contributed by atoms with Crippen LogP contribution in [0.1, 0.15) is 16.1 Å². The van der Waals surface area contributed by atoms with E-state index >= 15 is 0 Å². The quantitative estimate of drug-likeness (QED) is 0.568. The number of carbonyl (C=O) groups is 1. The Balaban J connectivity index is 1.62. The highest BCUT2D eigenvalue weighted by Gasteiger charge is 2.10. The molecule has 0 fully saturated rings. The van der Waals surface area contributed by atoms with Crippen LogP contribution in [0.15, 0.2) is 48.5 Å². The van der Waals surface area contributed by atoms with E-state index in [1.54, 1.807) is 39.5 Å². The predicted molar refractivity (Wildman–Crippen MR) is 113 cm³/mol. The fraction of sp³-hybridized carbons (Fsp3) is 0.190. The molecule has 29 heavy (non-hydrogen) atoms. The van der Waals surface area contributed by atoms with Crippen molar-refractivity contribution in [2.24, 2.45) is 0 Å². The summed E-state index contributed by atoms with van der Waals surface area (Å²) < 4.78 is 15.8. The van der Waals surface area contributed by atoms with Gasteiger partial charge >= 0.3 is 0 Å². The van der Waals surface area contributed by atoms with Crippen LogP contribution < -0.4 is 19.5 Å². The molecule has 2 aromatic carbocycles. The summed E-state index contributed by atoms with van der Waals surface area (Å²) in [4.78, 5) is 12.2. The lowest BCUT2D eigenvalue weighted by molar-refractivity contribution is -0.111. The van der Waals surface area contributed by atoms with Crippen molar-refractivity contribution in [2.75, 3.05) is 26.6 Å². The largest absolute Gasteiger partial charge is 0.496 e. The van der Waals surface area contributed by atoms with E-state index in [0.717, 1.165) is 21.9 Å². The lowest BCUT2D eigenvalue weighted by Gasteiger charge is -2.07. The maximum Gasteiger partial charge on any atom is 0.250 e. The van der Waals surface area contributed by atoms with Gasteiger partial charge in [0.15, 0.2) is 11.5 Å². The standard InChI is InChI=1S/C21H21N3O4S/c1-26-16-7-5-4-6-15(16)13-20-23-24-21(29-20)22-19(25)11-9-14-8-10-17(27-2)18(12-14)28-3/h4-12H,13H2,1-3H3,(H,22,24,25)/b11-9+. The minimum Gasteiger partial charge on any atom is -0.496 e. The molecule has 0 bridgehead atoms. The molecule has 8 heteroatoms. The second-order valence-corrected chi connectivity index (χ2v) is 6.99. The summed E-state index contributed by atoms with van der Waals surface area (Å²) in [6.07, 6.45) is 3.70. The molecule has 0 atom stereocenters. The van der Waals surface area contributed by atoms with E-state index in [4.69, 9.17) is 14.2 Å². The first-order valence-corrected chi connectivity index (χ1v) is 9.60. The minimum absolute atomic E-state index is 0.292. The van der Waals surface area contributed by atoms with Crippen molar-refractivity contribution in [3.8, 4) is 17.2 Å². The molecule has 1 amide bonds. The van der Waals surface area contributed by atoms with Crippen LogP contribution in [-0.2, 0) is 11.2 Å². The van der Waals surface area contributed by atoms with E-state index in [2.05, 4.69) is 15.5 Å². The van der Waals surface area contributed by atoms with Crippen LogP contribution in [0.3, 0.4) is 0 Å². The van der Waals surface area contributed by atoms with Crippen LogP contribution in [0.25, 0.3) is 6.08 Å². The monoisotopic (exact) mass is 411 g/mol. The summed E-state index contributed by atoms with van der Waals surface area (Å²) in [5.41, 5.74) is 1.82. The molecule has 1 aromatic heterocycles. The van der Waals surface area contributed by atoms with Gasteiger partial charge in [-0.3, -0.25) is 10.1 Å². The van der Waals surface area contributed by atoms with Gasteiger partial charge in [-0.25, -0.2) is 0 Å². The molecule has 3 rings (SSSR count). The van der Waals surface area contributed by atoms with Crippen molar-refractivity contribution in [2.45, 2.75) is 6.42 Å². The molecule has 1 N–H and O–H groups in total. The lowest BCUT2D eigenvalue weighted by Crippen LogP contribution is -2.07. The summed E-state index contributed by atoms with van der Waals surface area (Å²) in [5.74, 6) is 1.73. The van der Waals surface area contributed by atoms with Crippen molar-refractivity contribution >= 4 is 28.5 Å². The van der Waals surface area contributed by atoms with Gasteiger partial charge in [0.05, 0.1) is 21.3 Å². The van der Waals surface area contributed by atoms with Gasteiger partial charge in [0.25, 0.3) is 0 Å². The number of carbonyl (C=O) groups excluding carboxylic acids is 1. The van der Waals surface area contributed by atoms with E-state index < -0.39 is 0 Å². The van der Waals surface area contributed by atoms with Crippen LogP contribution >= 0.6 is 11.3 Å². The lowest BCUT2D eigenvalue weighted by atomic mass is 10.1. The normalized spacial score (nSPS) is 10.7. The van der Waals surface area contributed by atoms with Crippen molar-refractivity contribution in [1.29, 1.82) is 0 Å². The Labute approximate surface area is 173 Å². The fourth-order valence-corrected chi connectivity index (χ4v) is 3.43. The second-order valence-electron chi connectivity index (χ2n) is 5.93. The maximum absolute atomic E-state index is 12.2. The van der Waals surface area contributed by atoms with Gasteiger partial charge in [-0.05, 0) is 29.8 Å². The van der Waals surface area contributed by atoms with Gasteiger partial charge < -0.3 is 14.2 Å². The predicted octanol–water partition coefficient (Wildman–Crippen LogP) is 3.81. The van der Waals surface area contributed by atoms with Crippen LogP contribution in [0.4, 0.5) is 5.13 Å². The van der Waals surface area contributed by atoms with Gasteiger partial charge in [0.2, 0.25) is 11.0 Å². The highest BCUT2D eigenvalue weighted by Crippen LogP contribution is 2.28. The van der Waals surface area contributed by atoms with Crippen LogP contribution in [0.5, 0.6) is 17.2 Å². The number of rotatable bonds is 8. The molecule has 0 radical (unpaired) electrons. The van der Waals surface area contributed by atoms with Crippen LogP contribution in [0.2, 0.25) is 0 Å². The molecule has 0 saturated carbocycles. The molecule has 150 valence electrons. The van der Waals surface area contributed by atoms with E-state index in [1.807, 2.05) is 30.3 Å². The van der Waals surface area contributed by atoms with E-state index in [9.17, 15) is 4.79 Å². The summed E-state index contributed by atoms with van der Waals surface area (Å²) in [7, 11) is 4.77. The number of methoxy groups -OCH3 is 3. The van der Waals surface area contributed by atoms with Gasteiger partial charge in [0.1, 0.15) is 10.8 Å². The number of nitrogens with zero attached hydrogens (tertiary/aromatic N) is 2. The first-order chi connectivity index (χ1) is 14.1. The zero-order valence-electron chi connectivity index (χ0n) is 16.3. The fourth-order valence-electron chi connectivity index (χ4n) is 2.66. The number of hydrogen-bond donors (Lipinski definition) is 1. The first-order valence-electron chi connectivity index (χ1n) is 8.78. The van der Waals surface area contributed by atoms with Gasteiger partial charge in [-0.15, -0.1) is 10.2 Å². The molecule has 7 nitrogen and oxygen atoms in total. The number of nitrogens with one attached hydrogen (secondary N) is 1. The summed E-state index contributed by atoms with van der Waals surface area (Å²) in [6, 6.07) is 13.1. The Bertz CT molecular complexity index is 1020. The molecule has 1 heterocycles.